The van der Waals surface area contributed by atoms with Crippen molar-refractivity contribution < 1.29 is 23.9 Å². The molecule has 0 unspecified atom stereocenters. The summed E-state index contributed by atoms with van der Waals surface area (Å²) in [6, 6.07) is 13.9. The van der Waals surface area contributed by atoms with Gasteiger partial charge in [0.2, 0.25) is 0 Å². The number of hydrogen-bond acceptors (Lipinski definition) is 9. The molecule has 41 heavy (non-hydrogen) atoms. The van der Waals surface area contributed by atoms with Crippen molar-refractivity contribution in [1.82, 2.24) is 4.57 Å². The van der Waals surface area contributed by atoms with Crippen LogP contribution in [0.15, 0.2) is 74.5 Å². The average Bonchev–Trinajstić information content (AvgIpc) is 3.40. The van der Waals surface area contributed by atoms with Gasteiger partial charge in [0.25, 0.3) is 11.5 Å². The Hall–Kier alpha value is -3.96. The molecule has 0 bridgehead atoms. The molecule has 1 aromatic heterocycles. The minimum Gasteiger partial charge on any atom is -0.465 e. The summed E-state index contributed by atoms with van der Waals surface area (Å²) in [6.45, 7) is 6.85. The predicted octanol–water partition coefficient (Wildman–Crippen LogP) is 3.19. The van der Waals surface area contributed by atoms with Crippen LogP contribution in [0.4, 0.5) is 5.69 Å². The zero-order chi connectivity index (χ0) is 29.4. The summed E-state index contributed by atoms with van der Waals surface area (Å²) in [6.07, 6.45) is 1.60. The van der Waals surface area contributed by atoms with Gasteiger partial charge in [-0.15, -0.1) is 11.8 Å². The molecule has 2 aliphatic rings. The number of rotatable bonds is 7. The molecule has 1 amide bonds. The largest absolute Gasteiger partial charge is 0.465 e. The molecule has 0 fully saturated rings. The van der Waals surface area contributed by atoms with E-state index in [1.165, 1.54) is 9.47 Å². The minimum atomic E-state index is -0.801. The number of thiazole rings is 1. The van der Waals surface area contributed by atoms with Gasteiger partial charge >= 0.3 is 11.9 Å². The quantitative estimate of drug-likeness (QED) is 0.307. The Morgan fingerprint density at radius 1 is 1.10 bits per heavy atom. The van der Waals surface area contributed by atoms with Crippen LogP contribution in [0.2, 0.25) is 0 Å². The van der Waals surface area contributed by atoms with Crippen molar-refractivity contribution in [3.8, 4) is 0 Å². The van der Waals surface area contributed by atoms with Crippen LogP contribution in [0.25, 0.3) is 5.57 Å². The highest BCUT2D eigenvalue weighted by Gasteiger charge is 2.38. The average molecular weight is 592 g/mol. The molecule has 0 radical (unpaired) electrons. The third-order valence-electron chi connectivity index (χ3n) is 6.73. The third kappa shape index (κ3) is 5.15. The lowest BCUT2D eigenvalue weighted by Crippen LogP contribution is -2.41. The maximum absolute atomic E-state index is 14.2. The third-order valence-corrected chi connectivity index (χ3v) is 8.53. The summed E-state index contributed by atoms with van der Waals surface area (Å²) in [5, 5.41) is 0. The Balaban J connectivity index is 1.74. The summed E-state index contributed by atoms with van der Waals surface area (Å²) in [4.78, 5) is 61.1. The molecule has 11 heteroatoms. The number of hydrogen-bond donors (Lipinski definition) is 0. The summed E-state index contributed by atoms with van der Waals surface area (Å²) < 4.78 is 12.3. The van der Waals surface area contributed by atoms with E-state index in [0.29, 0.717) is 27.3 Å². The molecular formula is C30H29N3O6S2. The van der Waals surface area contributed by atoms with E-state index in [2.05, 4.69) is 4.99 Å². The van der Waals surface area contributed by atoms with Crippen LogP contribution in [-0.4, -0.2) is 47.9 Å². The normalized spacial score (nSPS) is 17.4. The maximum Gasteiger partial charge on any atom is 0.338 e. The van der Waals surface area contributed by atoms with E-state index in [1.54, 1.807) is 63.7 Å². The molecule has 0 N–H and O–H groups in total. The molecule has 3 aromatic rings. The van der Waals surface area contributed by atoms with Crippen molar-refractivity contribution in [1.29, 1.82) is 0 Å². The van der Waals surface area contributed by atoms with Gasteiger partial charge in [-0.1, -0.05) is 41.7 Å². The Morgan fingerprint density at radius 2 is 1.80 bits per heavy atom. The van der Waals surface area contributed by atoms with Gasteiger partial charge in [-0.3, -0.25) is 23.9 Å². The number of amides is 1. The first-order valence-electron chi connectivity index (χ1n) is 13.1. The highest BCUT2D eigenvalue weighted by atomic mass is 32.2. The maximum atomic E-state index is 14.2. The number of thioether (sulfide) groups is 1. The Kier molecular flexibility index (Phi) is 8.01. The zero-order valence-electron chi connectivity index (χ0n) is 23.3. The van der Waals surface area contributed by atoms with Gasteiger partial charge in [0.15, 0.2) is 4.80 Å². The molecule has 2 aliphatic heterocycles. The van der Waals surface area contributed by atoms with Gasteiger partial charge in [-0.2, -0.15) is 0 Å². The van der Waals surface area contributed by atoms with Crippen molar-refractivity contribution in [2.24, 2.45) is 4.99 Å². The Bertz CT molecular complexity index is 1770. The number of fused-ring (bicyclic) bond motifs is 2. The molecular weight excluding hydrogens is 562 g/mol. The monoisotopic (exact) mass is 591 g/mol. The fourth-order valence-electron chi connectivity index (χ4n) is 5.00. The first-order valence-corrected chi connectivity index (χ1v) is 15.2. The molecule has 1 atom stereocenters. The van der Waals surface area contributed by atoms with Gasteiger partial charge in [-0.25, -0.2) is 9.79 Å². The van der Waals surface area contributed by atoms with E-state index in [9.17, 15) is 19.2 Å². The SMILES string of the molecule is CCOC(=O)CN1C(=O)/C(=c2\sc3n(c2=O)[C@H](c2ccc(SC)cc2)C(C(=O)OC(C)C)=C(C)N=3)c2ccccc21. The Morgan fingerprint density at radius 3 is 2.46 bits per heavy atom. The van der Waals surface area contributed by atoms with Crippen LogP contribution >= 0.6 is 23.1 Å². The number of ether oxygens (including phenoxy) is 2. The van der Waals surface area contributed by atoms with E-state index < -0.39 is 29.4 Å². The topological polar surface area (TPSA) is 107 Å². The van der Waals surface area contributed by atoms with Gasteiger partial charge in [0, 0.05) is 10.5 Å². The van der Waals surface area contributed by atoms with Gasteiger partial charge in [0.05, 0.1) is 41.3 Å². The molecule has 0 saturated carbocycles. The van der Waals surface area contributed by atoms with E-state index in [0.717, 1.165) is 16.2 Å². The van der Waals surface area contributed by atoms with Gasteiger partial charge in [0.1, 0.15) is 11.1 Å². The molecule has 2 aromatic carbocycles. The number of aromatic nitrogens is 1. The lowest BCUT2D eigenvalue weighted by atomic mass is 9.96. The molecule has 0 spiro atoms. The van der Waals surface area contributed by atoms with Gasteiger partial charge in [-0.05, 0) is 57.7 Å². The second-order valence-corrected chi connectivity index (χ2v) is 11.6. The standard InChI is InChI=1S/C30H29N3O6S2/c1-6-38-22(34)15-32-21-10-8-7-9-20(21)24(27(32)35)26-28(36)33-25(18-11-13-19(40-5)14-12-18)23(29(37)39-16(2)3)17(4)31-30(33)41-26/h7-14,16,25H,6,15H2,1-5H3/b26-24-/t25-/m1/s1. The summed E-state index contributed by atoms with van der Waals surface area (Å²) in [5.74, 6) is -1.57. The minimum absolute atomic E-state index is 0.185. The van der Waals surface area contributed by atoms with Crippen molar-refractivity contribution in [3.63, 3.8) is 0 Å². The highest BCUT2D eigenvalue weighted by Crippen LogP contribution is 2.36. The summed E-state index contributed by atoms with van der Waals surface area (Å²) >= 11 is 2.67. The first kappa shape index (κ1) is 28.6. The molecule has 9 nitrogen and oxygen atoms in total. The second-order valence-electron chi connectivity index (χ2n) is 9.72. The van der Waals surface area contributed by atoms with Crippen LogP contribution in [-0.2, 0) is 23.9 Å². The fourth-order valence-corrected chi connectivity index (χ4v) is 6.55. The molecule has 212 valence electrons. The van der Waals surface area contributed by atoms with Gasteiger partial charge < -0.3 is 9.47 Å². The predicted molar refractivity (Wildman–Crippen MR) is 158 cm³/mol. The number of anilines is 1. The van der Waals surface area contributed by atoms with Crippen LogP contribution in [0.5, 0.6) is 0 Å². The number of carbonyl (C=O) groups is 3. The molecule has 5 rings (SSSR count). The summed E-state index contributed by atoms with van der Waals surface area (Å²) in [7, 11) is 0. The lowest BCUT2D eigenvalue weighted by molar-refractivity contribution is -0.143. The number of benzene rings is 2. The fraction of sp³-hybridized carbons (Fsp3) is 0.300. The zero-order valence-corrected chi connectivity index (χ0v) is 24.9. The molecule has 0 saturated heterocycles. The van der Waals surface area contributed by atoms with Crippen molar-refractivity contribution in [2.45, 2.75) is 44.7 Å². The van der Waals surface area contributed by atoms with Crippen molar-refractivity contribution >= 4 is 52.2 Å². The number of carbonyl (C=O) groups excluding carboxylic acids is 3. The van der Waals surface area contributed by atoms with Crippen LogP contribution in [0.1, 0.15) is 44.9 Å². The van der Waals surface area contributed by atoms with Crippen molar-refractivity contribution in [3.05, 3.63) is 90.6 Å². The second kappa shape index (κ2) is 11.5. The van der Waals surface area contributed by atoms with E-state index in [-0.39, 0.29) is 34.9 Å². The van der Waals surface area contributed by atoms with Crippen LogP contribution in [0.3, 0.4) is 0 Å². The Labute approximate surface area is 244 Å². The number of esters is 2. The first-order chi connectivity index (χ1) is 19.7. The smallest absolute Gasteiger partial charge is 0.338 e. The van der Waals surface area contributed by atoms with E-state index in [1.807, 2.05) is 30.5 Å². The van der Waals surface area contributed by atoms with Crippen LogP contribution in [0, 0.1) is 0 Å². The number of nitrogens with zero attached hydrogens (tertiary/aromatic N) is 3. The lowest BCUT2D eigenvalue weighted by Gasteiger charge is -2.25. The van der Waals surface area contributed by atoms with E-state index in [4.69, 9.17) is 9.47 Å². The van der Waals surface area contributed by atoms with Crippen LogP contribution < -0.4 is 19.8 Å². The van der Waals surface area contributed by atoms with Crippen molar-refractivity contribution in [2.75, 3.05) is 24.3 Å². The summed E-state index contributed by atoms with van der Waals surface area (Å²) in [5.41, 5.74) is 2.23. The highest BCUT2D eigenvalue weighted by molar-refractivity contribution is 7.98. The van der Waals surface area contributed by atoms with E-state index >= 15 is 0 Å². The number of allylic oxidation sites excluding steroid dienone is 1. The molecule has 3 heterocycles. The molecule has 0 aliphatic carbocycles. The number of para-hydroxylation sites is 1.